The van der Waals surface area contributed by atoms with Gasteiger partial charge in [-0.1, -0.05) is 35.9 Å². The molecule has 1 aromatic heterocycles. The summed E-state index contributed by atoms with van der Waals surface area (Å²) in [6, 6.07) is 16.2. The molecule has 32 heavy (non-hydrogen) atoms. The van der Waals surface area contributed by atoms with Crippen LogP contribution in [0.1, 0.15) is 15.9 Å². The Morgan fingerprint density at radius 2 is 1.88 bits per heavy atom. The van der Waals surface area contributed by atoms with E-state index < -0.39 is 6.04 Å². The predicted octanol–water partition coefficient (Wildman–Crippen LogP) is 3.94. The van der Waals surface area contributed by atoms with Crippen LogP contribution in [-0.4, -0.2) is 59.9 Å². The molecule has 164 valence electrons. The number of amides is 2. The lowest BCUT2D eigenvalue weighted by Gasteiger charge is -2.39. The van der Waals surface area contributed by atoms with Crippen LogP contribution in [0.25, 0.3) is 11.1 Å². The molecule has 7 heteroatoms. The molecule has 1 aliphatic rings. The number of likely N-dealkylation sites (N-methyl/N-ethyl adjacent to an activating group) is 1. The van der Waals surface area contributed by atoms with Gasteiger partial charge in [0.1, 0.15) is 11.8 Å². The summed E-state index contributed by atoms with van der Waals surface area (Å²) in [5.41, 5.74) is 3.41. The first kappa shape index (κ1) is 21.8. The van der Waals surface area contributed by atoms with Crippen LogP contribution < -0.4 is 4.74 Å². The van der Waals surface area contributed by atoms with Crippen LogP contribution in [-0.2, 0) is 11.2 Å². The lowest BCUT2D eigenvalue weighted by atomic mass is 9.97. The number of pyridine rings is 1. The quantitative estimate of drug-likeness (QED) is 0.592. The number of benzene rings is 2. The average Bonchev–Trinajstić information content (AvgIpc) is 2.82. The van der Waals surface area contributed by atoms with E-state index in [-0.39, 0.29) is 11.8 Å². The Balaban J connectivity index is 1.66. The lowest BCUT2D eigenvalue weighted by Crippen LogP contribution is -2.58. The van der Waals surface area contributed by atoms with Crippen LogP contribution in [0.2, 0.25) is 5.02 Å². The maximum Gasteiger partial charge on any atom is 0.258 e. The molecule has 6 nitrogen and oxygen atoms in total. The fraction of sp³-hybridized carbons (Fsp3) is 0.240. The van der Waals surface area contributed by atoms with Gasteiger partial charge in [-0.2, -0.15) is 0 Å². The summed E-state index contributed by atoms with van der Waals surface area (Å²) in [5.74, 6) is 0.0882. The molecule has 0 spiro atoms. The van der Waals surface area contributed by atoms with E-state index in [0.29, 0.717) is 35.8 Å². The van der Waals surface area contributed by atoms with Gasteiger partial charge in [0, 0.05) is 44.0 Å². The third-order valence-electron chi connectivity index (χ3n) is 5.74. The fourth-order valence-corrected chi connectivity index (χ4v) is 4.17. The van der Waals surface area contributed by atoms with Crippen molar-refractivity contribution in [3.8, 4) is 16.9 Å². The minimum absolute atomic E-state index is 0.0834. The summed E-state index contributed by atoms with van der Waals surface area (Å²) in [6.45, 7) is 0.909. The molecule has 2 aromatic carbocycles. The molecule has 2 amide bonds. The topological polar surface area (TPSA) is 62.7 Å². The molecule has 3 aromatic rings. The highest BCUT2D eigenvalue weighted by atomic mass is 35.5. The molecule has 1 aliphatic heterocycles. The summed E-state index contributed by atoms with van der Waals surface area (Å²) in [6.07, 6.45) is 3.91. The zero-order valence-electron chi connectivity index (χ0n) is 18.0. The van der Waals surface area contributed by atoms with Gasteiger partial charge < -0.3 is 14.5 Å². The minimum atomic E-state index is -0.613. The van der Waals surface area contributed by atoms with Gasteiger partial charge in [-0.15, -0.1) is 0 Å². The van der Waals surface area contributed by atoms with E-state index in [9.17, 15) is 9.59 Å². The number of hydrogen-bond donors (Lipinski definition) is 0. The monoisotopic (exact) mass is 449 g/mol. The molecule has 1 atom stereocenters. The second-order valence-electron chi connectivity index (χ2n) is 7.76. The molecule has 1 saturated heterocycles. The summed E-state index contributed by atoms with van der Waals surface area (Å²) >= 11 is 6.14. The van der Waals surface area contributed by atoms with Gasteiger partial charge in [-0.05, 0) is 47.0 Å². The largest absolute Gasteiger partial charge is 0.496 e. The van der Waals surface area contributed by atoms with Gasteiger partial charge in [0.2, 0.25) is 5.91 Å². The van der Waals surface area contributed by atoms with Crippen LogP contribution in [0.3, 0.4) is 0 Å². The second-order valence-corrected chi connectivity index (χ2v) is 8.20. The molecule has 4 rings (SSSR count). The maximum atomic E-state index is 13.5. The summed E-state index contributed by atoms with van der Waals surface area (Å²) in [7, 11) is 3.28. The Morgan fingerprint density at radius 3 is 2.62 bits per heavy atom. The summed E-state index contributed by atoms with van der Waals surface area (Å²) < 4.78 is 5.37. The number of hydrogen-bond acceptors (Lipinski definition) is 4. The van der Waals surface area contributed by atoms with Crippen molar-refractivity contribution in [3.05, 3.63) is 83.1 Å². The zero-order chi connectivity index (χ0) is 22.7. The number of piperazine rings is 1. The smallest absolute Gasteiger partial charge is 0.258 e. The van der Waals surface area contributed by atoms with E-state index in [1.54, 1.807) is 47.4 Å². The van der Waals surface area contributed by atoms with E-state index in [1.807, 2.05) is 30.3 Å². The Kier molecular flexibility index (Phi) is 6.42. The highest BCUT2D eigenvalue weighted by Gasteiger charge is 2.37. The first-order valence-corrected chi connectivity index (χ1v) is 10.7. The van der Waals surface area contributed by atoms with Crippen molar-refractivity contribution in [3.63, 3.8) is 0 Å². The predicted molar refractivity (Wildman–Crippen MR) is 124 cm³/mol. The van der Waals surface area contributed by atoms with Crippen LogP contribution in [0, 0.1) is 0 Å². The molecule has 0 unspecified atom stereocenters. The minimum Gasteiger partial charge on any atom is -0.496 e. The number of halogens is 1. The molecule has 0 radical (unpaired) electrons. The van der Waals surface area contributed by atoms with Gasteiger partial charge >= 0.3 is 0 Å². The normalized spacial score (nSPS) is 16.2. The van der Waals surface area contributed by atoms with Gasteiger partial charge in [-0.25, -0.2) is 0 Å². The average molecular weight is 450 g/mol. The molecular weight excluding hydrogens is 426 g/mol. The summed E-state index contributed by atoms with van der Waals surface area (Å²) in [4.78, 5) is 34.0. The molecule has 0 aliphatic carbocycles. The van der Waals surface area contributed by atoms with E-state index >= 15 is 0 Å². The first-order valence-electron chi connectivity index (χ1n) is 10.4. The molecular formula is C25H24ClN3O3. The zero-order valence-corrected chi connectivity index (χ0v) is 18.7. The van der Waals surface area contributed by atoms with Crippen molar-refractivity contribution in [2.75, 3.05) is 27.2 Å². The van der Waals surface area contributed by atoms with E-state index in [1.165, 1.54) is 7.11 Å². The standard InChI is InChI=1S/C25H24ClN3O3/c1-28-12-13-29(24(30)21-16-20(26)6-7-23(21)32-2)22(25(28)31)15-17-4-3-5-19(14-17)18-8-10-27-11-9-18/h3-11,14,16,22H,12-13,15H2,1-2H3/t22-/m0/s1. The van der Waals surface area contributed by atoms with E-state index in [0.717, 1.165) is 16.7 Å². The highest BCUT2D eigenvalue weighted by molar-refractivity contribution is 6.31. The van der Waals surface area contributed by atoms with Gasteiger partial charge in [0.25, 0.3) is 5.91 Å². The Bertz CT molecular complexity index is 1140. The summed E-state index contributed by atoms with van der Waals surface area (Å²) in [5, 5.41) is 0.441. The Morgan fingerprint density at radius 1 is 1.09 bits per heavy atom. The molecule has 0 N–H and O–H groups in total. The van der Waals surface area contributed by atoms with Crippen LogP contribution >= 0.6 is 11.6 Å². The maximum absolute atomic E-state index is 13.5. The first-order chi connectivity index (χ1) is 15.5. The molecule has 0 bridgehead atoms. The van der Waals surface area contributed by atoms with Crippen molar-refractivity contribution in [1.29, 1.82) is 0 Å². The van der Waals surface area contributed by atoms with Crippen molar-refractivity contribution in [1.82, 2.24) is 14.8 Å². The van der Waals surface area contributed by atoms with Crippen LogP contribution in [0.4, 0.5) is 0 Å². The van der Waals surface area contributed by atoms with Gasteiger partial charge in [0.15, 0.2) is 0 Å². The number of methoxy groups -OCH3 is 1. The van der Waals surface area contributed by atoms with E-state index in [4.69, 9.17) is 16.3 Å². The van der Waals surface area contributed by atoms with Gasteiger partial charge in [-0.3, -0.25) is 14.6 Å². The van der Waals surface area contributed by atoms with Crippen molar-refractivity contribution in [2.45, 2.75) is 12.5 Å². The number of nitrogens with zero attached hydrogens (tertiary/aromatic N) is 3. The number of carbonyl (C=O) groups excluding carboxylic acids is 2. The molecule has 0 saturated carbocycles. The number of carbonyl (C=O) groups is 2. The number of ether oxygens (including phenoxy) is 1. The Labute approximate surface area is 192 Å². The van der Waals surface area contributed by atoms with Crippen LogP contribution in [0.5, 0.6) is 5.75 Å². The van der Waals surface area contributed by atoms with Crippen LogP contribution in [0.15, 0.2) is 67.0 Å². The van der Waals surface area contributed by atoms with E-state index in [2.05, 4.69) is 11.1 Å². The third kappa shape index (κ3) is 4.46. The number of aromatic nitrogens is 1. The SMILES string of the molecule is COc1ccc(Cl)cc1C(=O)N1CCN(C)C(=O)[C@@H]1Cc1cccc(-c2ccncc2)c1. The molecule has 1 fully saturated rings. The third-order valence-corrected chi connectivity index (χ3v) is 5.97. The number of rotatable bonds is 5. The molecule has 2 heterocycles. The van der Waals surface area contributed by atoms with Crippen molar-refractivity contribution in [2.24, 2.45) is 0 Å². The second kappa shape index (κ2) is 9.40. The van der Waals surface area contributed by atoms with Crippen molar-refractivity contribution < 1.29 is 14.3 Å². The lowest BCUT2D eigenvalue weighted by molar-refractivity contribution is -0.138. The Hall–Kier alpha value is -3.38. The van der Waals surface area contributed by atoms with Crippen molar-refractivity contribution >= 4 is 23.4 Å². The highest BCUT2D eigenvalue weighted by Crippen LogP contribution is 2.27. The van der Waals surface area contributed by atoms with Gasteiger partial charge in [0.05, 0.1) is 12.7 Å². The fourth-order valence-electron chi connectivity index (χ4n) is 4.00.